The van der Waals surface area contributed by atoms with Gasteiger partial charge in [-0.05, 0) is 48.5 Å². The lowest BCUT2D eigenvalue weighted by Crippen LogP contribution is -2.22. The van der Waals surface area contributed by atoms with E-state index in [1.807, 2.05) is 24.3 Å². The van der Waals surface area contributed by atoms with Crippen LogP contribution in [0.4, 0.5) is 0 Å². The molecule has 6 heteroatoms. The Morgan fingerprint density at radius 2 is 1.60 bits per heavy atom. The molecule has 0 saturated heterocycles. The fourth-order valence-corrected chi connectivity index (χ4v) is 2.30. The first-order valence-electron chi connectivity index (χ1n) is 7.72. The molecule has 0 bridgehead atoms. The smallest absolute Gasteiger partial charge is 0.251 e. The zero-order valence-corrected chi connectivity index (χ0v) is 14.0. The summed E-state index contributed by atoms with van der Waals surface area (Å²) in [6.07, 6.45) is 0. The Hall–Kier alpha value is -3.28. The van der Waals surface area contributed by atoms with Gasteiger partial charge >= 0.3 is 0 Å². The molecule has 0 radical (unpaired) electrons. The molecule has 128 valence electrons. The Morgan fingerprint density at radius 3 is 2.20 bits per heavy atom. The molecule has 0 atom stereocenters. The normalized spacial score (nSPS) is 10.3. The Bertz CT molecular complexity index is 839. The predicted molar refractivity (Wildman–Crippen MR) is 92.7 cm³/mol. The average molecular weight is 338 g/mol. The van der Waals surface area contributed by atoms with Gasteiger partial charge in [0.05, 0.1) is 20.8 Å². The van der Waals surface area contributed by atoms with Crippen LogP contribution in [0.15, 0.2) is 59.1 Å². The fourth-order valence-electron chi connectivity index (χ4n) is 2.30. The van der Waals surface area contributed by atoms with E-state index in [1.54, 1.807) is 44.6 Å². The number of nitrogens with zero attached hydrogens (tertiary/aromatic N) is 1. The van der Waals surface area contributed by atoms with Gasteiger partial charge in [0.2, 0.25) is 0 Å². The summed E-state index contributed by atoms with van der Waals surface area (Å²) >= 11 is 0. The monoisotopic (exact) mass is 338 g/mol. The van der Waals surface area contributed by atoms with Gasteiger partial charge in [0.25, 0.3) is 5.91 Å². The highest BCUT2D eigenvalue weighted by atomic mass is 16.5. The van der Waals surface area contributed by atoms with Crippen LogP contribution in [0.1, 0.15) is 16.1 Å². The van der Waals surface area contributed by atoms with Crippen LogP contribution in [0, 0.1) is 0 Å². The number of amides is 1. The third kappa shape index (κ3) is 3.98. The molecule has 25 heavy (non-hydrogen) atoms. The maximum Gasteiger partial charge on any atom is 0.251 e. The highest BCUT2D eigenvalue weighted by Crippen LogP contribution is 2.23. The van der Waals surface area contributed by atoms with Crippen molar-refractivity contribution in [3.63, 3.8) is 0 Å². The number of aromatic nitrogens is 1. The van der Waals surface area contributed by atoms with Gasteiger partial charge in [0, 0.05) is 17.2 Å². The molecule has 6 nitrogen and oxygen atoms in total. The molecule has 1 aromatic heterocycles. The minimum absolute atomic E-state index is 0.184. The first-order chi connectivity index (χ1) is 12.2. The molecule has 1 heterocycles. The van der Waals surface area contributed by atoms with E-state index in [0.717, 1.165) is 11.3 Å². The summed E-state index contributed by atoms with van der Waals surface area (Å²) in [7, 11) is 3.20. The Labute approximate surface area is 145 Å². The van der Waals surface area contributed by atoms with Crippen LogP contribution in [-0.4, -0.2) is 25.3 Å². The number of hydrogen-bond acceptors (Lipinski definition) is 5. The highest BCUT2D eigenvalue weighted by Gasteiger charge is 2.10. The van der Waals surface area contributed by atoms with E-state index in [1.165, 1.54) is 0 Å². The number of nitrogens with one attached hydrogen (secondary N) is 1. The van der Waals surface area contributed by atoms with Crippen LogP contribution < -0.4 is 14.8 Å². The molecule has 3 aromatic rings. The van der Waals surface area contributed by atoms with E-state index in [2.05, 4.69) is 10.5 Å². The minimum Gasteiger partial charge on any atom is -0.497 e. The maximum atomic E-state index is 12.1. The summed E-state index contributed by atoms with van der Waals surface area (Å²) < 4.78 is 15.5. The van der Waals surface area contributed by atoms with Crippen LogP contribution in [-0.2, 0) is 6.54 Å². The second-order valence-electron chi connectivity index (χ2n) is 5.32. The van der Waals surface area contributed by atoms with Crippen molar-refractivity contribution in [2.24, 2.45) is 0 Å². The summed E-state index contributed by atoms with van der Waals surface area (Å²) in [6, 6.07) is 16.2. The second-order valence-corrected chi connectivity index (χ2v) is 5.32. The molecule has 3 rings (SSSR count). The van der Waals surface area contributed by atoms with Crippen LogP contribution in [0.2, 0.25) is 0 Å². The van der Waals surface area contributed by atoms with Gasteiger partial charge in [-0.15, -0.1) is 0 Å². The van der Waals surface area contributed by atoms with Gasteiger partial charge in [-0.2, -0.15) is 0 Å². The topological polar surface area (TPSA) is 73.6 Å². The molecule has 1 N–H and O–H groups in total. The van der Waals surface area contributed by atoms with Crippen molar-refractivity contribution in [1.29, 1.82) is 0 Å². The number of carbonyl (C=O) groups is 1. The second kappa shape index (κ2) is 7.53. The van der Waals surface area contributed by atoms with Crippen LogP contribution in [0.25, 0.3) is 11.3 Å². The molecule has 0 fully saturated rings. The molecule has 2 aromatic carbocycles. The lowest BCUT2D eigenvalue weighted by molar-refractivity contribution is 0.0950. The summed E-state index contributed by atoms with van der Waals surface area (Å²) in [5, 5.41) is 6.80. The first-order valence-corrected chi connectivity index (χ1v) is 7.72. The molecule has 0 spiro atoms. The van der Waals surface area contributed by atoms with Crippen LogP contribution in [0.5, 0.6) is 11.5 Å². The summed E-state index contributed by atoms with van der Waals surface area (Å²) in [4.78, 5) is 12.1. The molecule has 0 aliphatic rings. The van der Waals surface area contributed by atoms with Crippen molar-refractivity contribution >= 4 is 5.91 Å². The number of benzene rings is 2. The van der Waals surface area contributed by atoms with E-state index in [-0.39, 0.29) is 12.5 Å². The summed E-state index contributed by atoms with van der Waals surface area (Å²) in [5.74, 6) is 1.93. The highest BCUT2D eigenvalue weighted by molar-refractivity contribution is 5.94. The number of methoxy groups -OCH3 is 2. The van der Waals surface area contributed by atoms with Crippen LogP contribution >= 0.6 is 0 Å². The Morgan fingerprint density at radius 1 is 1.00 bits per heavy atom. The minimum atomic E-state index is -0.184. The fraction of sp³-hybridized carbons (Fsp3) is 0.158. The zero-order chi connectivity index (χ0) is 17.6. The van der Waals surface area contributed by atoms with E-state index >= 15 is 0 Å². The van der Waals surface area contributed by atoms with Crippen molar-refractivity contribution in [2.45, 2.75) is 6.54 Å². The molecule has 0 aliphatic heterocycles. The van der Waals surface area contributed by atoms with Gasteiger partial charge in [0.15, 0.2) is 5.76 Å². The number of rotatable bonds is 6. The standard InChI is InChI=1S/C19H18N2O4/c1-23-16-7-3-13(4-8-16)18-11-15(21-25-18)12-20-19(22)14-5-9-17(24-2)10-6-14/h3-11H,12H2,1-2H3,(H,20,22). The van der Waals surface area contributed by atoms with Crippen molar-refractivity contribution < 1.29 is 18.8 Å². The maximum absolute atomic E-state index is 12.1. The van der Waals surface area contributed by atoms with Crippen molar-refractivity contribution in [3.8, 4) is 22.8 Å². The summed E-state index contributed by atoms with van der Waals surface area (Å²) in [5.41, 5.74) is 2.09. The third-order valence-electron chi connectivity index (χ3n) is 3.72. The van der Waals surface area contributed by atoms with Crippen molar-refractivity contribution in [1.82, 2.24) is 10.5 Å². The molecular formula is C19H18N2O4. The number of carbonyl (C=O) groups excluding carboxylic acids is 1. The van der Waals surface area contributed by atoms with E-state index in [4.69, 9.17) is 14.0 Å². The van der Waals surface area contributed by atoms with Crippen molar-refractivity contribution in [2.75, 3.05) is 14.2 Å². The quantitative estimate of drug-likeness (QED) is 0.746. The van der Waals surface area contributed by atoms with E-state index in [9.17, 15) is 4.79 Å². The van der Waals surface area contributed by atoms with E-state index in [0.29, 0.717) is 22.8 Å². The molecule has 0 unspecified atom stereocenters. The molecule has 0 saturated carbocycles. The predicted octanol–water partition coefficient (Wildman–Crippen LogP) is 3.29. The van der Waals surface area contributed by atoms with Gasteiger partial charge in [0.1, 0.15) is 17.2 Å². The number of ether oxygens (including phenoxy) is 2. The Kier molecular flexibility index (Phi) is 4.99. The van der Waals surface area contributed by atoms with Gasteiger partial charge in [-0.3, -0.25) is 4.79 Å². The number of hydrogen-bond donors (Lipinski definition) is 1. The summed E-state index contributed by atoms with van der Waals surface area (Å²) in [6.45, 7) is 0.282. The van der Waals surface area contributed by atoms with Crippen LogP contribution in [0.3, 0.4) is 0 Å². The average Bonchev–Trinajstić information content (AvgIpc) is 3.15. The molecule has 0 aliphatic carbocycles. The largest absolute Gasteiger partial charge is 0.497 e. The van der Waals surface area contributed by atoms with Gasteiger partial charge in [-0.25, -0.2) is 0 Å². The van der Waals surface area contributed by atoms with Crippen molar-refractivity contribution in [3.05, 3.63) is 65.9 Å². The molecule has 1 amide bonds. The first kappa shape index (κ1) is 16.6. The van der Waals surface area contributed by atoms with E-state index < -0.39 is 0 Å². The lowest BCUT2D eigenvalue weighted by atomic mass is 10.1. The zero-order valence-electron chi connectivity index (χ0n) is 14.0. The van der Waals surface area contributed by atoms with Gasteiger partial charge < -0.3 is 19.3 Å². The Balaban J connectivity index is 1.61. The third-order valence-corrected chi connectivity index (χ3v) is 3.72. The molecular weight excluding hydrogens is 320 g/mol. The lowest BCUT2D eigenvalue weighted by Gasteiger charge is -2.04. The SMILES string of the molecule is COc1ccc(C(=O)NCc2cc(-c3ccc(OC)cc3)on2)cc1. The van der Waals surface area contributed by atoms with Gasteiger partial charge in [-0.1, -0.05) is 5.16 Å².